The standard InChI is InChI=1S/C32H59BN6O8S/c1-7-48(44,45)36-17-12-10-8-9-11-15-25(40)19-23(14-13-16-35-30(34)38-39(42)43)29(41)37-28(18-22(2)3)33-46-27-21-24-20-26(31(24,4)5)32(27,6)47-33/h22-24,26-28,36H,7-21H2,1-6H3,(H,37,41)(H3,34,35,38)/t23-,24+,26+,27-,28+,32+/m1/s1. The van der Waals surface area contributed by atoms with Crippen molar-refractivity contribution < 1.29 is 32.3 Å². The van der Waals surface area contributed by atoms with Crippen LogP contribution in [0.1, 0.15) is 119 Å². The summed E-state index contributed by atoms with van der Waals surface area (Å²) >= 11 is 0. The number of nitro groups is 1. The van der Waals surface area contributed by atoms with Gasteiger partial charge in [0, 0.05) is 31.8 Å². The summed E-state index contributed by atoms with van der Waals surface area (Å²) in [4.78, 5) is 41.5. The van der Waals surface area contributed by atoms with Crippen molar-refractivity contribution in [2.24, 2.45) is 39.8 Å². The summed E-state index contributed by atoms with van der Waals surface area (Å²) in [5, 5.41) is 13.0. The molecule has 0 unspecified atom stereocenters. The number of rotatable bonds is 22. The number of ketones is 1. The van der Waals surface area contributed by atoms with Crippen LogP contribution in [-0.2, 0) is 28.9 Å². The second-order valence-corrected chi connectivity index (χ2v) is 17.2. The van der Waals surface area contributed by atoms with Gasteiger partial charge in [0.05, 0.1) is 23.4 Å². The summed E-state index contributed by atoms with van der Waals surface area (Å²) in [6.07, 6.45) is 7.95. The van der Waals surface area contributed by atoms with Gasteiger partial charge < -0.3 is 20.4 Å². The van der Waals surface area contributed by atoms with Crippen molar-refractivity contribution >= 4 is 34.8 Å². The van der Waals surface area contributed by atoms with Gasteiger partial charge in [-0.1, -0.05) is 52.4 Å². The Morgan fingerprint density at radius 3 is 2.44 bits per heavy atom. The maximum atomic E-state index is 13.9. The highest BCUT2D eigenvalue weighted by molar-refractivity contribution is 7.89. The zero-order valence-corrected chi connectivity index (χ0v) is 30.6. The van der Waals surface area contributed by atoms with Gasteiger partial charge in [0.2, 0.25) is 15.9 Å². The van der Waals surface area contributed by atoms with Crippen LogP contribution in [0.25, 0.3) is 0 Å². The van der Waals surface area contributed by atoms with Gasteiger partial charge in [-0.2, -0.15) is 0 Å². The molecule has 0 aromatic rings. The van der Waals surface area contributed by atoms with Crippen LogP contribution >= 0.6 is 0 Å². The Hall–Kier alpha value is -2.30. The molecule has 14 nitrogen and oxygen atoms in total. The Bertz CT molecular complexity index is 1250. The van der Waals surface area contributed by atoms with E-state index in [0.29, 0.717) is 50.5 Å². The van der Waals surface area contributed by atoms with Crippen molar-refractivity contribution in [1.82, 2.24) is 15.5 Å². The van der Waals surface area contributed by atoms with Gasteiger partial charge in [-0.25, -0.2) is 28.2 Å². The van der Waals surface area contributed by atoms with Crippen LogP contribution in [0.4, 0.5) is 0 Å². The molecule has 1 heterocycles. The highest BCUT2D eigenvalue weighted by Gasteiger charge is 2.68. The molecule has 1 saturated heterocycles. The van der Waals surface area contributed by atoms with E-state index in [-0.39, 0.29) is 59.7 Å². The Balaban J connectivity index is 1.58. The first-order valence-electron chi connectivity index (χ1n) is 17.8. The number of sulfonamides is 1. The fourth-order valence-electron chi connectivity index (χ4n) is 7.79. The van der Waals surface area contributed by atoms with Crippen LogP contribution < -0.4 is 21.2 Å². The SMILES string of the molecule is CCS(=O)(=O)NCCCCCCCC(=O)C[C@@H](CCCN=C(N)N[N+](=O)[O-])C(=O)N[C@@H](CC(C)C)B1O[C@@H]2C[C@@H]3C[C@@H](C3(C)C)[C@]2(C)O1. The number of carbonyl (C=O) groups is 2. The van der Waals surface area contributed by atoms with E-state index in [9.17, 15) is 28.1 Å². The number of nitrogens with two attached hydrogens (primary N) is 1. The molecule has 1 aliphatic heterocycles. The Morgan fingerprint density at radius 1 is 1.10 bits per heavy atom. The van der Waals surface area contributed by atoms with E-state index in [1.165, 1.54) is 0 Å². The summed E-state index contributed by atoms with van der Waals surface area (Å²) < 4.78 is 38.9. The third-order valence-electron chi connectivity index (χ3n) is 10.7. The van der Waals surface area contributed by atoms with Crippen LogP contribution in [0.3, 0.4) is 0 Å². The highest BCUT2D eigenvalue weighted by Crippen LogP contribution is 2.65. The number of hydrazine groups is 1. The van der Waals surface area contributed by atoms with Crippen molar-refractivity contribution in [3.63, 3.8) is 0 Å². The predicted molar refractivity (Wildman–Crippen MR) is 186 cm³/mol. The lowest BCUT2D eigenvalue weighted by atomic mass is 9.43. The maximum absolute atomic E-state index is 13.9. The third kappa shape index (κ3) is 11.1. The second-order valence-electron chi connectivity index (χ2n) is 15.1. The van der Waals surface area contributed by atoms with Gasteiger partial charge in [-0.15, -0.1) is 0 Å². The van der Waals surface area contributed by atoms with Crippen LogP contribution in [0.15, 0.2) is 4.99 Å². The molecule has 2 bridgehead atoms. The van der Waals surface area contributed by atoms with Gasteiger partial charge in [0.1, 0.15) is 5.78 Å². The largest absolute Gasteiger partial charge is 0.481 e. The number of hydrogen-bond acceptors (Lipinski definition) is 9. The van der Waals surface area contributed by atoms with E-state index in [0.717, 1.165) is 38.5 Å². The zero-order chi connectivity index (χ0) is 35.7. The molecule has 1 amide bonds. The highest BCUT2D eigenvalue weighted by atomic mass is 32.2. The molecule has 16 heteroatoms. The van der Waals surface area contributed by atoms with Crippen molar-refractivity contribution in [1.29, 1.82) is 0 Å². The van der Waals surface area contributed by atoms with Gasteiger partial charge >= 0.3 is 7.12 Å². The number of Topliss-reactive ketones (excluding diaryl/α,β-unsaturated/α-hetero) is 1. The maximum Gasteiger partial charge on any atom is 0.481 e. The van der Waals surface area contributed by atoms with Crippen molar-refractivity contribution in [2.75, 3.05) is 18.8 Å². The monoisotopic (exact) mass is 698 g/mol. The van der Waals surface area contributed by atoms with Gasteiger partial charge in [-0.05, 0) is 82.0 Å². The fraction of sp³-hybridized carbons (Fsp3) is 0.906. The summed E-state index contributed by atoms with van der Waals surface area (Å²) in [6.45, 7) is 13.1. The minimum atomic E-state index is -3.18. The van der Waals surface area contributed by atoms with Crippen LogP contribution in [0, 0.1) is 39.2 Å². The first kappa shape index (κ1) is 40.1. The summed E-state index contributed by atoms with van der Waals surface area (Å²) in [7, 11) is -3.76. The van der Waals surface area contributed by atoms with Crippen molar-refractivity contribution in [2.45, 2.75) is 136 Å². The topological polar surface area (TPSA) is 204 Å². The van der Waals surface area contributed by atoms with Gasteiger partial charge in [-0.3, -0.25) is 9.59 Å². The van der Waals surface area contributed by atoms with E-state index in [4.69, 9.17) is 15.0 Å². The van der Waals surface area contributed by atoms with Crippen molar-refractivity contribution in [3.8, 4) is 0 Å². The molecule has 274 valence electrons. The number of guanidine groups is 1. The average Bonchev–Trinajstić information content (AvgIpc) is 3.36. The normalized spacial score (nSPS) is 26.0. The molecule has 0 radical (unpaired) electrons. The predicted octanol–water partition coefficient (Wildman–Crippen LogP) is 3.52. The molecule has 0 aromatic carbocycles. The number of nitrogens with one attached hydrogen (secondary N) is 3. The average molecular weight is 699 g/mol. The van der Waals surface area contributed by atoms with E-state index < -0.39 is 33.7 Å². The third-order valence-corrected chi connectivity index (χ3v) is 12.1. The fourth-order valence-corrected chi connectivity index (χ4v) is 8.45. The zero-order valence-electron chi connectivity index (χ0n) is 29.8. The molecule has 3 saturated carbocycles. The number of amides is 1. The number of nitrogens with zero attached hydrogens (tertiary/aromatic N) is 2. The molecule has 0 aromatic heterocycles. The van der Waals surface area contributed by atoms with Crippen LogP contribution in [0.2, 0.25) is 0 Å². The van der Waals surface area contributed by atoms with Crippen molar-refractivity contribution in [3.05, 3.63) is 10.1 Å². The number of hydrogen-bond donors (Lipinski definition) is 4. The molecule has 5 N–H and O–H groups in total. The molecule has 6 atom stereocenters. The van der Waals surface area contributed by atoms with E-state index >= 15 is 0 Å². The number of carbonyl (C=O) groups excluding carboxylic acids is 2. The smallest absolute Gasteiger partial charge is 0.404 e. The lowest BCUT2D eigenvalue weighted by Crippen LogP contribution is -2.65. The molecule has 0 spiro atoms. The van der Waals surface area contributed by atoms with E-state index in [1.54, 1.807) is 6.92 Å². The molecule has 4 aliphatic rings. The van der Waals surface area contributed by atoms with Gasteiger partial charge in [0.15, 0.2) is 5.03 Å². The summed E-state index contributed by atoms with van der Waals surface area (Å²) in [5.41, 5.74) is 7.14. The second kappa shape index (κ2) is 17.6. The first-order valence-corrected chi connectivity index (χ1v) is 19.5. The quantitative estimate of drug-likeness (QED) is 0.0323. The van der Waals surface area contributed by atoms with Gasteiger partial charge in [0.25, 0.3) is 5.96 Å². The summed E-state index contributed by atoms with van der Waals surface area (Å²) in [5.74, 6) is -0.207. The molecular weight excluding hydrogens is 639 g/mol. The summed E-state index contributed by atoms with van der Waals surface area (Å²) in [6, 6.07) is 0. The molecular formula is C32H59BN6O8S. The molecule has 4 fully saturated rings. The van der Waals surface area contributed by atoms with E-state index in [1.807, 2.05) is 5.43 Å². The Labute approximate surface area is 287 Å². The minimum absolute atomic E-state index is 0.00166. The minimum Gasteiger partial charge on any atom is -0.404 e. The lowest BCUT2D eigenvalue weighted by Gasteiger charge is -2.64. The van der Waals surface area contributed by atoms with Crippen LogP contribution in [-0.4, -0.2) is 74.7 Å². The Kier molecular flexibility index (Phi) is 14.7. The van der Waals surface area contributed by atoms with Crippen LogP contribution in [0.5, 0.6) is 0 Å². The van der Waals surface area contributed by atoms with E-state index in [2.05, 4.69) is 49.6 Å². The lowest BCUT2D eigenvalue weighted by molar-refractivity contribution is -0.525. The Morgan fingerprint density at radius 2 is 1.79 bits per heavy atom. The molecule has 4 rings (SSSR count). The molecule has 48 heavy (non-hydrogen) atoms. The first-order chi connectivity index (χ1) is 22.5. The molecule has 3 aliphatic carbocycles. The number of aliphatic imine (C=N–C) groups is 1. The number of unbranched alkanes of at least 4 members (excludes halogenated alkanes) is 4.